The van der Waals surface area contributed by atoms with E-state index in [0.29, 0.717) is 0 Å². The van der Waals surface area contributed by atoms with Crippen LogP contribution >= 0.6 is 38.9 Å². The minimum absolute atomic E-state index is 0.0264. The Morgan fingerprint density at radius 1 is 1.19 bits per heavy atom. The average molecular weight is 382 g/mol. The summed E-state index contributed by atoms with van der Waals surface area (Å²) < 4.78 is 7.57. The molecule has 0 aliphatic rings. The normalized spacial score (nSPS) is 12.5. The molecule has 1 nitrogen and oxygen atoms in total. The number of halogens is 2. The number of alkyl halides is 1. The van der Waals surface area contributed by atoms with Gasteiger partial charge in [0, 0.05) is 9.17 Å². The maximum absolute atomic E-state index is 6.65. The number of hydrogen-bond acceptors (Lipinski definition) is 2. The largest absolute Gasteiger partial charge is 0.497 e. The van der Waals surface area contributed by atoms with Crippen molar-refractivity contribution >= 4 is 49.0 Å². The highest BCUT2D eigenvalue weighted by atomic mass is 79.9. The van der Waals surface area contributed by atoms with Crippen molar-refractivity contribution < 1.29 is 4.74 Å². The van der Waals surface area contributed by atoms with Crippen LogP contribution in [0.5, 0.6) is 5.75 Å². The summed E-state index contributed by atoms with van der Waals surface area (Å²) in [6.07, 6.45) is 0.809. The van der Waals surface area contributed by atoms with Gasteiger partial charge in [-0.2, -0.15) is 0 Å². The number of ether oxygens (including phenoxy) is 1. The fourth-order valence-corrected chi connectivity index (χ4v) is 4.47. The lowest BCUT2D eigenvalue weighted by Gasteiger charge is -2.10. The number of hydrogen-bond donors (Lipinski definition) is 0. The van der Waals surface area contributed by atoms with Crippen molar-refractivity contribution in [3.8, 4) is 5.75 Å². The first-order valence-electron chi connectivity index (χ1n) is 6.61. The molecule has 1 atom stereocenters. The summed E-state index contributed by atoms with van der Waals surface area (Å²) in [5.74, 6) is 0.870. The number of rotatable bonds is 4. The Kier molecular flexibility index (Phi) is 4.53. The maximum Gasteiger partial charge on any atom is 0.118 e. The Labute approximate surface area is 141 Å². The lowest BCUT2D eigenvalue weighted by molar-refractivity contribution is 0.414. The zero-order valence-corrected chi connectivity index (χ0v) is 14.6. The Hall–Kier alpha value is -1.03. The molecule has 1 heterocycles. The van der Waals surface area contributed by atoms with Crippen LogP contribution in [0.25, 0.3) is 10.1 Å². The fourth-order valence-electron chi connectivity index (χ4n) is 2.36. The molecule has 0 amide bonds. The predicted molar refractivity (Wildman–Crippen MR) is 94.8 cm³/mol. The Morgan fingerprint density at radius 2 is 1.95 bits per heavy atom. The molecule has 3 rings (SSSR count). The molecule has 0 spiro atoms. The monoisotopic (exact) mass is 380 g/mol. The number of benzene rings is 2. The van der Waals surface area contributed by atoms with Crippen molar-refractivity contribution in [2.45, 2.75) is 11.8 Å². The van der Waals surface area contributed by atoms with Crippen LogP contribution in [0.4, 0.5) is 0 Å². The maximum atomic E-state index is 6.65. The SMILES string of the molecule is COc1ccc(CC(Cl)c2csc3c(Br)cccc23)cc1. The first-order valence-corrected chi connectivity index (χ1v) is 8.72. The van der Waals surface area contributed by atoms with Gasteiger partial charge in [0.15, 0.2) is 0 Å². The van der Waals surface area contributed by atoms with Gasteiger partial charge in [-0.15, -0.1) is 22.9 Å². The Bertz CT molecular complexity index is 751. The smallest absolute Gasteiger partial charge is 0.118 e. The summed E-state index contributed by atoms with van der Waals surface area (Å²) in [5, 5.41) is 3.38. The van der Waals surface area contributed by atoms with Gasteiger partial charge in [-0.25, -0.2) is 0 Å². The van der Waals surface area contributed by atoms with Crippen molar-refractivity contribution in [3.63, 3.8) is 0 Å². The number of fused-ring (bicyclic) bond motifs is 1. The third kappa shape index (κ3) is 3.10. The van der Waals surface area contributed by atoms with Crippen LogP contribution in [0, 0.1) is 0 Å². The van der Waals surface area contributed by atoms with E-state index in [-0.39, 0.29) is 5.38 Å². The second kappa shape index (κ2) is 6.39. The molecule has 0 N–H and O–H groups in total. The van der Waals surface area contributed by atoms with Gasteiger partial charge >= 0.3 is 0 Å². The highest BCUT2D eigenvalue weighted by molar-refractivity contribution is 9.10. The van der Waals surface area contributed by atoms with E-state index in [9.17, 15) is 0 Å². The zero-order valence-electron chi connectivity index (χ0n) is 11.5. The van der Waals surface area contributed by atoms with E-state index < -0.39 is 0 Å². The molecule has 108 valence electrons. The minimum Gasteiger partial charge on any atom is -0.497 e. The molecular formula is C17H14BrClOS. The highest BCUT2D eigenvalue weighted by Crippen LogP contribution is 2.38. The molecule has 0 radical (unpaired) electrons. The van der Waals surface area contributed by atoms with Crippen LogP contribution in [0.15, 0.2) is 52.3 Å². The average Bonchev–Trinajstić information content (AvgIpc) is 2.93. The molecule has 0 aliphatic carbocycles. The molecule has 1 aromatic heterocycles. The lowest BCUT2D eigenvalue weighted by Crippen LogP contribution is -1.95. The van der Waals surface area contributed by atoms with E-state index in [4.69, 9.17) is 16.3 Å². The number of thiophene rings is 1. The molecule has 4 heteroatoms. The van der Waals surface area contributed by atoms with Gasteiger partial charge in [-0.05, 0) is 62.4 Å². The summed E-state index contributed by atoms with van der Waals surface area (Å²) in [5.41, 5.74) is 2.42. The molecule has 0 bridgehead atoms. The van der Waals surface area contributed by atoms with Gasteiger partial charge < -0.3 is 4.74 Å². The zero-order chi connectivity index (χ0) is 14.8. The summed E-state index contributed by atoms with van der Waals surface area (Å²) >= 11 is 12.0. The summed E-state index contributed by atoms with van der Waals surface area (Å²) in [7, 11) is 1.68. The Morgan fingerprint density at radius 3 is 2.67 bits per heavy atom. The molecule has 3 aromatic rings. The predicted octanol–water partition coefficient (Wildman–Crippen LogP) is 6.20. The van der Waals surface area contributed by atoms with Crippen LogP contribution in [0.2, 0.25) is 0 Å². The topological polar surface area (TPSA) is 9.23 Å². The molecule has 1 unspecified atom stereocenters. The minimum atomic E-state index is -0.0264. The van der Waals surface area contributed by atoms with Crippen LogP contribution < -0.4 is 4.74 Å². The van der Waals surface area contributed by atoms with Crippen molar-refractivity contribution in [1.29, 1.82) is 0 Å². The van der Waals surface area contributed by atoms with Crippen LogP contribution in [-0.4, -0.2) is 7.11 Å². The lowest BCUT2D eigenvalue weighted by atomic mass is 10.0. The van der Waals surface area contributed by atoms with E-state index >= 15 is 0 Å². The van der Waals surface area contributed by atoms with Crippen molar-refractivity contribution in [3.05, 3.63) is 63.4 Å². The highest BCUT2D eigenvalue weighted by Gasteiger charge is 2.15. The van der Waals surface area contributed by atoms with Gasteiger partial charge in [0.1, 0.15) is 5.75 Å². The van der Waals surface area contributed by atoms with Crippen LogP contribution in [-0.2, 0) is 6.42 Å². The van der Waals surface area contributed by atoms with E-state index in [1.807, 2.05) is 12.1 Å². The first kappa shape index (κ1) is 14.9. The van der Waals surface area contributed by atoms with Gasteiger partial charge in [0.25, 0.3) is 0 Å². The molecule has 0 fully saturated rings. The molecular weight excluding hydrogens is 368 g/mol. The van der Waals surface area contributed by atoms with Crippen molar-refractivity contribution in [2.24, 2.45) is 0 Å². The van der Waals surface area contributed by atoms with E-state index in [1.54, 1.807) is 18.4 Å². The first-order chi connectivity index (χ1) is 10.2. The van der Waals surface area contributed by atoms with E-state index in [2.05, 4.69) is 51.6 Å². The summed E-state index contributed by atoms with van der Waals surface area (Å²) in [6, 6.07) is 14.3. The summed E-state index contributed by atoms with van der Waals surface area (Å²) in [4.78, 5) is 0. The Balaban J connectivity index is 1.86. The van der Waals surface area contributed by atoms with E-state index in [1.165, 1.54) is 21.2 Å². The second-order valence-electron chi connectivity index (χ2n) is 4.83. The standard InChI is InChI=1S/C17H14BrClOS/c1-20-12-7-5-11(6-8-12)9-16(19)14-10-21-17-13(14)3-2-4-15(17)18/h2-8,10,16H,9H2,1H3. The molecule has 21 heavy (non-hydrogen) atoms. The quantitative estimate of drug-likeness (QED) is 0.489. The molecule has 0 saturated heterocycles. The van der Waals surface area contributed by atoms with Gasteiger partial charge in [0.2, 0.25) is 0 Å². The van der Waals surface area contributed by atoms with Gasteiger partial charge in [-0.1, -0.05) is 24.3 Å². The number of methoxy groups -OCH3 is 1. The summed E-state index contributed by atoms with van der Waals surface area (Å²) in [6.45, 7) is 0. The van der Waals surface area contributed by atoms with Crippen molar-refractivity contribution in [2.75, 3.05) is 7.11 Å². The van der Waals surface area contributed by atoms with Crippen LogP contribution in [0.1, 0.15) is 16.5 Å². The molecule has 0 aliphatic heterocycles. The van der Waals surface area contributed by atoms with Crippen LogP contribution in [0.3, 0.4) is 0 Å². The van der Waals surface area contributed by atoms with E-state index in [0.717, 1.165) is 16.6 Å². The van der Waals surface area contributed by atoms with Gasteiger partial charge in [-0.3, -0.25) is 0 Å². The second-order valence-corrected chi connectivity index (χ2v) is 7.09. The van der Waals surface area contributed by atoms with Gasteiger partial charge in [0.05, 0.1) is 12.5 Å². The third-order valence-electron chi connectivity index (χ3n) is 3.49. The fraction of sp³-hybridized carbons (Fsp3) is 0.176. The van der Waals surface area contributed by atoms with Crippen molar-refractivity contribution in [1.82, 2.24) is 0 Å². The molecule has 2 aromatic carbocycles. The third-order valence-corrected chi connectivity index (χ3v) is 5.85. The molecule has 0 saturated carbocycles.